The van der Waals surface area contributed by atoms with Crippen LogP contribution in [0.4, 0.5) is 9.52 Å². The molecular weight excluding hydrogens is 329 g/mol. The van der Waals surface area contributed by atoms with E-state index in [-0.39, 0.29) is 11.7 Å². The molecule has 0 bridgehead atoms. The summed E-state index contributed by atoms with van der Waals surface area (Å²) in [6.45, 7) is 1.51. The molecule has 1 aliphatic rings. The number of hydrogen-bond donors (Lipinski definition) is 2. The van der Waals surface area contributed by atoms with E-state index in [9.17, 15) is 9.18 Å². The van der Waals surface area contributed by atoms with Crippen molar-refractivity contribution in [2.45, 2.75) is 24.9 Å². The third-order valence-electron chi connectivity index (χ3n) is 4.26. The number of hydrogen-bond acceptors (Lipinski definition) is 5. The van der Waals surface area contributed by atoms with Crippen LogP contribution in [0.5, 0.6) is 0 Å². The second-order valence-electron chi connectivity index (χ2n) is 5.84. The largest absolute Gasteiger partial charge is 0.368 e. The summed E-state index contributed by atoms with van der Waals surface area (Å²) >= 11 is 1.40. The number of rotatable bonds is 5. The van der Waals surface area contributed by atoms with Crippen molar-refractivity contribution < 1.29 is 13.9 Å². The summed E-state index contributed by atoms with van der Waals surface area (Å²) in [6.07, 6.45) is 3.57. The normalized spacial score (nSPS) is 16.8. The van der Waals surface area contributed by atoms with Crippen molar-refractivity contribution in [3.05, 3.63) is 46.7 Å². The molecule has 0 unspecified atom stereocenters. The lowest BCUT2D eigenvalue weighted by Crippen LogP contribution is -2.51. The van der Waals surface area contributed by atoms with E-state index in [1.165, 1.54) is 23.5 Å². The van der Waals surface area contributed by atoms with Gasteiger partial charge in [0.1, 0.15) is 11.4 Å². The van der Waals surface area contributed by atoms with Crippen molar-refractivity contribution in [2.75, 3.05) is 25.5 Å². The molecule has 1 amide bonds. The van der Waals surface area contributed by atoms with Gasteiger partial charge in [-0.15, -0.1) is 11.3 Å². The Balaban J connectivity index is 1.66. The van der Waals surface area contributed by atoms with Gasteiger partial charge in [0.15, 0.2) is 5.13 Å². The van der Waals surface area contributed by atoms with E-state index in [1.807, 2.05) is 6.07 Å². The van der Waals surface area contributed by atoms with E-state index in [0.29, 0.717) is 24.4 Å². The lowest BCUT2D eigenvalue weighted by atomic mass is 9.91. The molecule has 0 atom stereocenters. The summed E-state index contributed by atoms with van der Waals surface area (Å²) < 4.78 is 18.8. The fraction of sp³-hybridized carbons (Fsp3) is 0.412. The van der Waals surface area contributed by atoms with E-state index < -0.39 is 5.60 Å². The van der Waals surface area contributed by atoms with E-state index >= 15 is 0 Å². The van der Waals surface area contributed by atoms with E-state index in [0.717, 1.165) is 23.5 Å². The Labute approximate surface area is 144 Å². The molecule has 0 aliphatic carbocycles. The maximum absolute atomic E-state index is 13.2. The van der Waals surface area contributed by atoms with Crippen LogP contribution in [0.2, 0.25) is 0 Å². The molecule has 3 rings (SSSR count). The fourth-order valence-corrected chi connectivity index (χ4v) is 3.70. The molecule has 1 aromatic heterocycles. The third kappa shape index (κ3) is 3.80. The molecular formula is C17H20FN3O2S. The number of anilines is 1. The number of nitrogens with one attached hydrogen (secondary N) is 2. The van der Waals surface area contributed by atoms with Crippen LogP contribution in [0.25, 0.3) is 0 Å². The third-order valence-corrected chi connectivity index (χ3v) is 5.17. The number of amides is 1. The lowest BCUT2D eigenvalue weighted by Gasteiger charge is -2.34. The summed E-state index contributed by atoms with van der Waals surface area (Å²) in [5.41, 5.74) is 0.0860. The van der Waals surface area contributed by atoms with Crippen LogP contribution in [-0.4, -0.2) is 36.7 Å². The van der Waals surface area contributed by atoms with Gasteiger partial charge in [0, 0.05) is 24.6 Å². The van der Waals surface area contributed by atoms with Crippen molar-refractivity contribution in [2.24, 2.45) is 0 Å². The fourth-order valence-electron chi connectivity index (χ4n) is 2.86. The number of nitrogens with zero attached hydrogens (tertiary/aromatic N) is 1. The van der Waals surface area contributed by atoms with Gasteiger partial charge in [0.2, 0.25) is 0 Å². The van der Waals surface area contributed by atoms with Gasteiger partial charge in [-0.2, -0.15) is 0 Å². The molecule has 24 heavy (non-hydrogen) atoms. The number of carbonyl (C=O) groups excluding carboxylic acids is 1. The minimum absolute atomic E-state index is 0.154. The zero-order chi connectivity index (χ0) is 17.0. The average Bonchev–Trinajstić information content (AvgIpc) is 3.02. The second-order valence-corrected chi connectivity index (χ2v) is 6.96. The van der Waals surface area contributed by atoms with Crippen LogP contribution in [0.3, 0.4) is 0 Å². The highest BCUT2D eigenvalue weighted by atomic mass is 32.1. The van der Waals surface area contributed by atoms with Gasteiger partial charge in [-0.3, -0.25) is 10.1 Å². The van der Waals surface area contributed by atoms with Crippen LogP contribution in [0.15, 0.2) is 30.5 Å². The quantitative estimate of drug-likeness (QED) is 0.871. The minimum Gasteiger partial charge on any atom is -0.368 e. The van der Waals surface area contributed by atoms with Crippen LogP contribution in [0.1, 0.15) is 23.3 Å². The minimum atomic E-state index is -0.792. The number of piperidine rings is 1. The number of methoxy groups -OCH3 is 1. The van der Waals surface area contributed by atoms with Gasteiger partial charge in [-0.25, -0.2) is 9.37 Å². The summed E-state index contributed by atoms with van der Waals surface area (Å²) in [7, 11) is 1.57. The van der Waals surface area contributed by atoms with Crippen molar-refractivity contribution >= 4 is 22.4 Å². The van der Waals surface area contributed by atoms with Gasteiger partial charge in [0.25, 0.3) is 5.91 Å². The first-order chi connectivity index (χ1) is 11.6. The Morgan fingerprint density at radius 3 is 2.96 bits per heavy atom. The van der Waals surface area contributed by atoms with Gasteiger partial charge in [-0.1, -0.05) is 12.1 Å². The smallest absolute Gasteiger partial charge is 0.258 e. The Hall–Kier alpha value is -1.83. The molecule has 7 heteroatoms. The summed E-state index contributed by atoms with van der Waals surface area (Å²) in [5, 5.41) is 6.63. The Morgan fingerprint density at radius 1 is 1.46 bits per heavy atom. The number of halogens is 1. The van der Waals surface area contributed by atoms with Crippen molar-refractivity contribution in [3.63, 3.8) is 0 Å². The van der Waals surface area contributed by atoms with Gasteiger partial charge >= 0.3 is 0 Å². The zero-order valence-corrected chi connectivity index (χ0v) is 14.3. The van der Waals surface area contributed by atoms with Crippen molar-refractivity contribution in [3.8, 4) is 0 Å². The predicted octanol–water partition coefficient (Wildman–Crippen LogP) is 2.58. The highest BCUT2D eigenvalue weighted by molar-refractivity contribution is 7.15. The molecule has 2 aromatic rings. The topological polar surface area (TPSA) is 63.2 Å². The van der Waals surface area contributed by atoms with Crippen LogP contribution in [0, 0.1) is 5.82 Å². The first-order valence-electron chi connectivity index (χ1n) is 7.88. The molecule has 2 heterocycles. The van der Waals surface area contributed by atoms with Crippen LogP contribution < -0.4 is 10.6 Å². The first-order valence-corrected chi connectivity index (χ1v) is 8.69. The number of benzene rings is 1. The lowest BCUT2D eigenvalue weighted by molar-refractivity contribution is -0.140. The van der Waals surface area contributed by atoms with E-state index in [2.05, 4.69) is 15.6 Å². The maximum atomic E-state index is 13.2. The molecule has 0 spiro atoms. The predicted molar refractivity (Wildman–Crippen MR) is 91.8 cm³/mol. The number of aromatic nitrogens is 1. The number of ether oxygens (including phenoxy) is 1. The highest BCUT2D eigenvalue weighted by Crippen LogP contribution is 2.27. The SMILES string of the molecule is COC1(C(=O)Nc2ncc(Cc3cccc(F)c3)s2)CCNCC1. The molecule has 5 nitrogen and oxygen atoms in total. The molecule has 0 radical (unpaired) electrons. The Kier molecular flexibility index (Phi) is 5.23. The number of thiazole rings is 1. The van der Waals surface area contributed by atoms with Gasteiger partial charge in [-0.05, 0) is 43.6 Å². The van der Waals surface area contributed by atoms with Crippen molar-refractivity contribution in [1.82, 2.24) is 10.3 Å². The summed E-state index contributed by atoms with van der Waals surface area (Å²) in [6, 6.07) is 6.49. The Bertz CT molecular complexity index is 713. The summed E-state index contributed by atoms with van der Waals surface area (Å²) in [5.74, 6) is -0.406. The van der Waals surface area contributed by atoms with E-state index in [4.69, 9.17) is 4.74 Å². The van der Waals surface area contributed by atoms with Gasteiger partial charge in [0.05, 0.1) is 0 Å². The second kappa shape index (κ2) is 7.38. The van der Waals surface area contributed by atoms with Crippen LogP contribution >= 0.6 is 11.3 Å². The first kappa shape index (κ1) is 17.0. The zero-order valence-electron chi connectivity index (χ0n) is 13.5. The molecule has 1 aromatic carbocycles. The Morgan fingerprint density at radius 2 is 2.25 bits per heavy atom. The molecule has 1 fully saturated rings. The molecule has 0 saturated carbocycles. The van der Waals surface area contributed by atoms with Gasteiger partial charge < -0.3 is 10.1 Å². The molecule has 1 saturated heterocycles. The molecule has 128 valence electrons. The van der Waals surface area contributed by atoms with Crippen molar-refractivity contribution in [1.29, 1.82) is 0 Å². The van der Waals surface area contributed by atoms with E-state index in [1.54, 1.807) is 19.4 Å². The monoisotopic (exact) mass is 349 g/mol. The molecule has 1 aliphatic heterocycles. The molecule has 2 N–H and O–H groups in total. The summed E-state index contributed by atoms with van der Waals surface area (Å²) in [4.78, 5) is 17.8. The number of carbonyl (C=O) groups is 1. The standard InChI is InChI=1S/C17H20FN3O2S/c1-23-17(5-7-19-8-6-17)15(22)21-16-20-11-14(24-16)10-12-3-2-4-13(18)9-12/h2-4,9,11,19H,5-8,10H2,1H3,(H,20,21,22). The average molecular weight is 349 g/mol. The maximum Gasteiger partial charge on any atom is 0.258 e. The highest BCUT2D eigenvalue weighted by Gasteiger charge is 2.40. The van der Waals surface area contributed by atoms with Crippen LogP contribution in [-0.2, 0) is 16.0 Å².